The molecule has 1 saturated carbocycles. The summed E-state index contributed by atoms with van der Waals surface area (Å²) in [5, 5.41) is 10.4. The number of benzene rings is 1. The fourth-order valence-corrected chi connectivity index (χ4v) is 5.01. The zero-order valence-electron chi connectivity index (χ0n) is 22.5. The molecule has 1 atom stereocenters. The minimum atomic E-state index is -2.95. The van der Waals surface area contributed by atoms with E-state index in [1.807, 2.05) is 25.1 Å². The predicted molar refractivity (Wildman–Crippen MR) is 144 cm³/mol. The molecule has 39 heavy (non-hydrogen) atoms. The first-order valence-electron chi connectivity index (χ1n) is 13.3. The van der Waals surface area contributed by atoms with Gasteiger partial charge >= 0.3 is 5.97 Å². The average Bonchev–Trinajstić information content (AvgIpc) is 3.44. The lowest BCUT2D eigenvalue weighted by molar-refractivity contribution is -0.140. The van der Waals surface area contributed by atoms with Crippen LogP contribution >= 0.6 is 0 Å². The number of carbonyl (C=O) groups excluding carboxylic acids is 2. The molecule has 2 N–H and O–H groups in total. The maximum absolute atomic E-state index is 13.7. The Bertz CT molecular complexity index is 1280. The first-order valence-corrected chi connectivity index (χ1v) is 13.3. The Morgan fingerprint density at radius 2 is 1.92 bits per heavy atom. The van der Waals surface area contributed by atoms with Crippen molar-refractivity contribution in [3.8, 4) is 5.69 Å². The Morgan fingerprint density at radius 1 is 1.15 bits per heavy atom. The summed E-state index contributed by atoms with van der Waals surface area (Å²) in [5.41, 5.74) is 3.13. The second kappa shape index (κ2) is 12.4. The van der Waals surface area contributed by atoms with E-state index in [-0.39, 0.29) is 36.4 Å². The maximum atomic E-state index is 13.7. The lowest BCUT2D eigenvalue weighted by Crippen LogP contribution is -2.27. The fourth-order valence-electron chi connectivity index (χ4n) is 5.01. The number of ether oxygens (including phenoxy) is 1. The highest BCUT2D eigenvalue weighted by molar-refractivity contribution is 5.94. The number of halogens is 2. The molecule has 1 amide bonds. The molecule has 0 spiro atoms. The number of nitrogens with one attached hydrogen (secondary N) is 2. The van der Waals surface area contributed by atoms with E-state index in [1.54, 1.807) is 12.1 Å². The number of carbonyl (C=O) groups is 2. The number of aromatic nitrogens is 3. The van der Waals surface area contributed by atoms with E-state index in [9.17, 15) is 18.4 Å². The van der Waals surface area contributed by atoms with Crippen LogP contribution in [0.25, 0.3) is 5.69 Å². The van der Waals surface area contributed by atoms with Gasteiger partial charge in [-0.15, -0.1) is 0 Å². The van der Waals surface area contributed by atoms with Crippen molar-refractivity contribution in [2.75, 3.05) is 19.0 Å². The van der Waals surface area contributed by atoms with Gasteiger partial charge in [0.1, 0.15) is 5.82 Å². The molecule has 0 bridgehead atoms. The summed E-state index contributed by atoms with van der Waals surface area (Å²) in [6.45, 7) is 3.07. The second-order valence-electron chi connectivity index (χ2n) is 10.1. The van der Waals surface area contributed by atoms with Gasteiger partial charge in [-0.3, -0.25) is 9.59 Å². The summed E-state index contributed by atoms with van der Waals surface area (Å²) in [6, 6.07) is 9.39. The van der Waals surface area contributed by atoms with Gasteiger partial charge in [0, 0.05) is 25.9 Å². The van der Waals surface area contributed by atoms with Crippen molar-refractivity contribution in [1.82, 2.24) is 20.1 Å². The molecule has 4 rings (SSSR count). The van der Waals surface area contributed by atoms with E-state index in [4.69, 9.17) is 0 Å². The van der Waals surface area contributed by atoms with E-state index in [1.165, 1.54) is 49.6 Å². The molecular weight excluding hydrogens is 504 g/mol. The van der Waals surface area contributed by atoms with Crippen molar-refractivity contribution in [2.24, 2.45) is 5.92 Å². The van der Waals surface area contributed by atoms with Crippen molar-refractivity contribution in [3.05, 3.63) is 71.2 Å². The van der Waals surface area contributed by atoms with Crippen LogP contribution in [0.2, 0.25) is 0 Å². The number of esters is 1. The number of aryl methyl sites for hydroxylation is 1. The molecule has 10 heteroatoms. The molecule has 1 aliphatic carbocycles. The standard InChI is InChI=1S/C29H35F2N5O3/c1-19-15-23(36-18-22(17-34-36)29(2,30)31)10-11-24(19)27(20-7-5-4-6-8-20)35-25-12-9-21(16-33-25)28(38)32-14-13-26(37)39-3/h9-12,15-18,20,27H,4-8,13-14H2,1-3H3,(H,32,38)(H,33,35). The fraction of sp³-hybridized carbons (Fsp3) is 0.448. The first kappa shape index (κ1) is 28.2. The highest BCUT2D eigenvalue weighted by atomic mass is 19.3. The third kappa shape index (κ3) is 7.19. The minimum Gasteiger partial charge on any atom is -0.469 e. The third-order valence-corrected chi connectivity index (χ3v) is 7.24. The highest BCUT2D eigenvalue weighted by Crippen LogP contribution is 2.38. The van der Waals surface area contributed by atoms with Crippen LogP contribution in [-0.2, 0) is 15.5 Å². The summed E-state index contributed by atoms with van der Waals surface area (Å²) in [7, 11) is 1.31. The Balaban J connectivity index is 1.51. The summed E-state index contributed by atoms with van der Waals surface area (Å²) in [5.74, 6) is -2.59. The van der Waals surface area contributed by atoms with Gasteiger partial charge in [-0.2, -0.15) is 5.10 Å². The van der Waals surface area contributed by atoms with Crippen molar-refractivity contribution in [3.63, 3.8) is 0 Å². The molecule has 1 unspecified atom stereocenters. The maximum Gasteiger partial charge on any atom is 0.307 e. The van der Waals surface area contributed by atoms with Crippen molar-refractivity contribution < 1.29 is 23.1 Å². The SMILES string of the molecule is COC(=O)CCNC(=O)c1ccc(NC(c2ccc(-n3cc(C(C)(F)F)cn3)cc2C)C2CCCCC2)nc1. The van der Waals surface area contributed by atoms with Crippen LogP contribution in [0.5, 0.6) is 0 Å². The zero-order valence-corrected chi connectivity index (χ0v) is 22.5. The Labute approximate surface area is 227 Å². The lowest BCUT2D eigenvalue weighted by Gasteiger charge is -2.33. The van der Waals surface area contributed by atoms with E-state index < -0.39 is 5.92 Å². The highest BCUT2D eigenvalue weighted by Gasteiger charge is 2.28. The van der Waals surface area contributed by atoms with Crippen LogP contribution in [0.1, 0.15) is 78.5 Å². The van der Waals surface area contributed by atoms with Crippen molar-refractivity contribution in [2.45, 2.75) is 64.3 Å². The molecule has 1 fully saturated rings. The monoisotopic (exact) mass is 539 g/mol. The smallest absolute Gasteiger partial charge is 0.307 e. The molecule has 8 nitrogen and oxygen atoms in total. The van der Waals surface area contributed by atoms with Gasteiger partial charge in [0.25, 0.3) is 11.8 Å². The van der Waals surface area contributed by atoms with Crippen molar-refractivity contribution in [1.29, 1.82) is 0 Å². The van der Waals surface area contributed by atoms with E-state index >= 15 is 0 Å². The van der Waals surface area contributed by atoms with Gasteiger partial charge in [0.2, 0.25) is 0 Å². The number of hydrogen-bond donors (Lipinski definition) is 2. The van der Waals surface area contributed by atoms with Gasteiger partial charge in [-0.05, 0) is 61.1 Å². The van der Waals surface area contributed by atoms with Gasteiger partial charge in [0.05, 0.1) is 42.6 Å². The van der Waals surface area contributed by atoms with Crippen LogP contribution in [0.3, 0.4) is 0 Å². The molecule has 0 saturated heterocycles. The number of methoxy groups -OCH3 is 1. The Hall–Kier alpha value is -3.82. The van der Waals surface area contributed by atoms with Gasteiger partial charge in [-0.1, -0.05) is 25.3 Å². The second-order valence-corrected chi connectivity index (χ2v) is 10.1. The molecule has 2 aromatic heterocycles. The molecule has 0 radical (unpaired) electrons. The van der Waals surface area contributed by atoms with Crippen LogP contribution in [0.15, 0.2) is 48.9 Å². The van der Waals surface area contributed by atoms with E-state index in [2.05, 4.69) is 25.5 Å². The molecule has 2 heterocycles. The first-order chi connectivity index (χ1) is 18.7. The van der Waals surface area contributed by atoms with Crippen LogP contribution in [0, 0.1) is 12.8 Å². The Morgan fingerprint density at radius 3 is 2.54 bits per heavy atom. The van der Waals surface area contributed by atoms with E-state index in [0.717, 1.165) is 36.6 Å². The summed E-state index contributed by atoms with van der Waals surface area (Å²) in [4.78, 5) is 28.1. The van der Waals surface area contributed by atoms with Crippen LogP contribution < -0.4 is 10.6 Å². The van der Waals surface area contributed by atoms with Gasteiger partial charge in [-0.25, -0.2) is 18.4 Å². The molecule has 1 aromatic carbocycles. The molecule has 0 aliphatic heterocycles. The summed E-state index contributed by atoms with van der Waals surface area (Å²) in [6.07, 6.45) is 9.92. The van der Waals surface area contributed by atoms with E-state index in [0.29, 0.717) is 17.3 Å². The minimum absolute atomic E-state index is 0.000240. The summed E-state index contributed by atoms with van der Waals surface area (Å²) >= 11 is 0. The zero-order chi connectivity index (χ0) is 28.0. The van der Waals surface area contributed by atoms with Crippen molar-refractivity contribution >= 4 is 17.7 Å². The molecule has 1 aliphatic rings. The topological polar surface area (TPSA) is 98.1 Å². The van der Waals surface area contributed by atoms with Crippen LogP contribution in [-0.4, -0.2) is 40.3 Å². The number of hydrogen-bond acceptors (Lipinski definition) is 6. The number of nitrogens with zero attached hydrogens (tertiary/aromatic N) is 3. The van der Waals surface area contributed by atoms with Gasteiger partial charge in [0.15, 0.2) is 0 Å². The number of rotatable bonds is 10. The molecular formula is C29H35F2N5O3. The number of anilines is 1. The number of amides is 1. The van der Waals surface area contributed by atoms with Crippen LogP contribution in [0.4, 0.5) is 14.6 Å². The number of alkyl halides is 2. The third-order valence-electron chi connectivity index (χ3n) is 7.24. The number of pyridine rings is 1. The Kier molecular flexibility index (Phi) is 8.93. The molecule has 208 valence electrons. The summed E-state index contributed by atoms with van der Waals surface area (Å²) < 4.78 is 33.5. The largest absolute Gasteiger partial charge is 0.469 e. The quantitative estimate of drug-likeness (QED) is 0.320. The van der Waals surface area contributed by atoms with Gasteiger partial charge < -0.3 is 15.4 Å². The predicted octanol–water partition coefficient (Wildman–Crippen LogP) is 5.71. The lowest BCUT2D eigenvalue weighted by atomic mass is 9.80. The normalized spacial score (nSPS) is 15.0. The molecule has 3 aromatic rings. The average molecular weight is 540 g/mol.